The van der Waals surface area contributed by atoms with E-state index >= 15 is 0 Å². The number of nitrogens with one attached hydrogen (secondary N) is 1. The van der Waals surface area contributed by atoms with E-state index in [2.05, 4.69) is 34.5 Å². The van der Waals surface area contributed by atoms with Crippen LogP contribution in [0.2, 0.25) is 5.02 Å². The molecular weight excluding hydrogens is 434 g/mol. The third kappa shape index (κ3) is 4.22. The van der Waals surface area contributed by atoms with Crippen molar-refractivity contribution in [1.82, 2.24) is 14.8 Å². The van der Waals surface area contributed by atoms with Crippen LogP contribution < -0.4 is 10.2 Å². The molecule has 1 N–H and O–H groups in total. The van der Waals surface area contributed by atoms with Crippen LogP contribution in [0.25, 0.3) is 11.1 Å². The number of fused-ring (bicyclic) bond motifs is 1. The molecule has 4 aromatic rings. The van der Waals surface area contributed by atoms with E-state index in [1.54, 1.807) is 17.1 Å². The molecule has 0 radical (unpaired) electrons. The summed E-state index contributed by atoms with van der Waals surface area (Å²) in [6.45, 7) is 2.76. The van der Waals surface area contributed by atoms with E-state index in [-0.39, 0.29) is 5.91 Å². The maximum absolute atomic E-state index is 13.1. The smallest absolute Gasteiger partial charge is 0.231 e. The van der Waals surface area contributed by atoms with E-state index in [0.29, 0.717) is 18.0 Å². The van der Waals surface area contributed by atoms with E-state index in [9.17, 15) is 4.79 Å². The molecule has 166 valence electrons. The van der Waals surface area contributed by atoms with Crippen molar-refractivity contribution in [2.24, 2.45) is 7.05 Å². The molecule has 0 atom stereocenters. The highest BCUT2D eigenvalue weighted by atomic mass is 35.5. The molecule has 2 aromatic carbocycles. The fraction of sp³-hybridized carbons (Fsp3) is 0.192. The lowest BCUT2D eigenvalue weighted by molar-refractivity contribution is -0.117. The molecule has 5 rings (SSSR count). The summed E-state index contributed by atoms with van der Waals surface area (Å²) < 4.78 is 1.77. The number of aromatic nitrogens is 3. The van der Waals surface area contributed by atoms with Crippen molar-refractivity contribution >= 4 is 34.8 Å². The van der Waals surface area contributed by atoms with Crippen molar-refractivity contribution in [2.75, 3.05) is 16.8 Å². The van der Waals surface area contributed by atoms with Crippen molar-refractivity contribution in [3.63, 3.8) is 0 Å². The average molecular weight is 458 g/mol. The third-order valence-electron chi connectivity index (χ3n) is 6.02. The van der Waals surface area contributed by atoms with Crippen molar-refractivity contribution < 1.29 is 4.79 Å². The summed E-state index contributed by atoms with van der Waals surface area (Å²) in [5.41, 5.74) is 6.35. The zero-order valence-corrected chi connectivity index (χ0v) is 19.3. The fourth-order valence-corrected chi connectivity index (χ4v) is 4.60. The lowest BCUT2D eigenvalue weighted by Crippen LogP contribution is -2.30. The van der Waals surface area contributed by atoms with Crippen molar-refractivity contribution in [3.05, 3.63) is 88.7 Å². The second-order valence-corrected chi connectivity index (χ2v) is 8.67. The number of carbonyl (C=O) groups excluding carboxylic acids is 1. The number of hydrogen-bond donors (Lipinski definition) is 1. The zero-order valence-electron chi connectivity index (χ0n) is 18.5. The quantitative estimate of drug-likeness (QED) is 0.440. The fourth-order valence-electron chi connectivity index (χ4n) is 4.40. The molecule has 1 aliphatic rings. The van der Waals surface area contributed by atoms with Gasteiger partial charge in [-0.25, -0.2) is 4.98 Å². The Hall–Kier alpha value is -3.64. The molecule has 6 nitrogen and oxygen atoms in total. The van der Waals surface area contributed by atoms with Crippen LogP contribution in [-0.2, 0) is 24.7 Å². The minimum Gasteiger partial charge on any atom is -0.325 e. The Morgan fingerprint density at radius 3 is 2.73 bits per heavy atom. The summed E-state index contributed by atoms with van der Waals surface area (Å²) in [6.07, 6.45) is 4.68. The number of benzene rings is 2. The molecule has 0 saturated heterocycles. The van der Waals surface area contributed by atoms with Crippen LogP contribution in [0.1, 0.15) is 16.7 Å². The highest BCUT2D eigenvalue weighted by Crippen LogP contribution is 2.37. The van der Waals surface area contributed by atoms with Gasteiger partial charge in [-0.2, -0.15) is 5.10 Å². The van der Waals surface area contributed by atoms with Crippen LogP contribution in [0.4, 0.5) is 17.3 Å². The van der Waals surface area contributed by atoms with Gasteiger partial charge in [-0.05, 0) is 71.5 Å². The summed E-state index contributed by atoms with van der Waals surface area (Å²) in [7, 11) is 1.88. The number of anilines is 3. The third-order valence-corrected chi connectivity index (χ3v) is 6.39. The van der Waals surface area contributed by atoms with Gasteiger partial charge in [-0.1, -0.05) is 29.8 Å². The number of halogens is 1. The number of aryl methyl sites for hydroxylation is 2. The molecule has 0 spiro atoms. The maximum Gasteiger partial charge on any atom is 0.231 e. The molecule has 0 aliphatic carbocycles. The Balaban J connectivity index is 1.40. The first-order valence-electron chi connectivity index (χ1n) is 10.9. The van der Waals surface area contributed by atoms with Crippen molar-refractivity contribution in [1.29, 1.82) is 0 Å². The number of pyridine rings is 1. The van der Waals surface area contributed by atoms with Crippen LogP contribution in [-0.4, -0.2) is 27.2 Å². The van der Waals surface area contributed by atoms with Crippen LogP contribution in [0.15, 0.2) is 67.0 Å². The van der Waals surface area contributed by atoms with Crippen LogP contribution in [0.3, 0.4) is 0 Å². The minimum atomic E-state index is 0.0734. The Bertz CT molecular complexity index is 1350. The van der Waals surface area contributed by atoms with Crippen LogP contribution in [0.5, 0.6) is 0 Å². The zero-order chi connectivity index (χ0) is 22.9. The summed E-state index contributed by atoms with van der Waals surface area (Å²) >= 11 is 6.28. The molecule has 33 heavy (non-hydrogen) atoms. The number of rotatable bonds is 5. The average Bonchev–Trinajstić information content (AvgIpc) is 3.42. The predicted molar refractivity (Wildman–Crippen MR) is 132 cm³/mol. The van der Waals surface area contributed by atoms with Gasteiger partial charge in [0.05, 0.1) is 12.6 Å². The van der Waals surface area contributed by atoms with Gasteiger partial charge >= 0.3 is 0 Å². The molecule has 0 fully saturated rings. The monoisotopic (exact) mass is 457 g/mol. The number of nitrogens with zero attached hydrogens (tertiary/aromatic N) is 4. The Kier molecular flexibility index (Phi) is 5.60. The first-order valence-corrected chi connectivity index (χ1v) is 11.3. The van der Waals surface area contributed by atoms with Gasteiger partial charge in [0.15, 0.2) is 0 Å². The topological polar surface area (TPSA) is 63.1 Å². The summed E-state index contributed by atoms with van der Waals surface area (Å²) in [5, 5.41) is 8.12. The van der Waals surface area contributed by atoms with Gasteiger partial charge in [0.1, 0.15) is 11.6 Å². The lowest BCUT2D eigenvalue weighted by Gasteiger charge is -2.20. The first-order chi connectivity index (χ1) is 16.0. The SMILES string of the molecule is Cc1cc(-c2ccnc(Nc3ccnn3C)c2)cc2c1N(C(=O)Cc1ccccc1Cl)CC2. The molecule has 0 bridgehead atoms. The Labute approximate surface area is 197 Å². The summed E-state index contributed by atoms with van der Waals surface area (Å²) in [6, 6.07) is 17.8. The highest BCUT2D eigenvalue weighted by molar-refractivity contribution is 6.31. The van der Waals surface area contributed by atoms with Gasteiger partial charge in [0.2, 0.25) is 5.91 Å². The number of hydrogen-bond acceptors (Lipinski definition) is 4. The van der Waals surface area contributed by atoms with Gasteiger partial charge in [0.25, 0.3) is 0 Å². The van der Waals surface area contributed by atoms with Gasteiger partial charge in [-0.15, -0.1) is 0 Å². The Morgan fingerprint density at radius 1 is 1.09 bits per heavy atom. The molecular formula is C26H24ClN5O. The second kappa shape index (κ2) is 8.71. The van der Waals surface area contributed by atoms with E-state index in [1.165, 1.54) is 5.56 Å². The standard InChI is InChI=1S/C26H24ClN5O/c1-17-13-21(18-7-10-28-23(15-18)30-24-8-11-29-31(24)2)14-20-9-12-32(26(17)20)25(33)16-19-5-3-4-6-22(19)27/h3-8,10-11,13-15H,9,12,16H2,1-2H3,(H,28,30). The summed E-state index contributed by atoms with van der Waals surface area (Å²) in [5.74, 6) is 1.70. The predicted octanol–water partition coefficient (Wildman–Crippen LogP) is 5.32. The van der Waals surface area contributed by atoms with Crippen LogP contribution >= 0.6 is 11.6 Å². The molecule has 1 aliphatic heterocycles. The molecule has 0 unspecified atom stereocenters. The van der Waals surface area contributed by atoms with E-state index in [0.717, 1.165) is 46.0 Å². The minimum absolute atomic E-state index is 0.0734. The molecule has 1 amide bonds. The summed E-state index contributed by atoms with van der Waals surface area (Å²) in [4.78, 5) is 19.4. The van der Waals surface area contributed by atoms with Gasteiger partial charge in [-0.3, -0.25) is 9.48 Å². The number of carbonyl (C=O) groups is 1. The van der Waals surface area contributed by atoms with Gasteiger partial charge in [0, 0.05) is 36.6 Å². The van der Waals surface area contributed by atoms with Gasteiger partial charge < -0.3 is 10.2 Å². The molecule has 3 heterocycles. The molecule has 7 heteroatoms. The molecule has 2 aromatic heterocycles. The Morgan fingerprint density at radius 2 is 1.94 bits per heavy atom. The highest BCUT2D eigenvalue weighted by Gasteiger charge is 2.27. The maximum atomic E-state index is 13.1. The van der Waals surface area contributed by atoms with E-state index in [1.807, 2.05) is 54.4 Å². The molecule has 0 saturated carbocycles. The van der Waals surface area contributed by atoms with E-state index in [4.69, 9.17) is 11.6 Å². The normalized spacial score (nSPS) is 12.6. The van der Waals surface area contributed by atoms with E-state index < -0.39 is 0 Å². The van der Waals surface area contributed by atoms with Crippen molar-refractivity contribution in [2.45, 2.75) is 19.8 Å². The number of amides is 1. The van der Waals surface area contributed by atoms with Crippen molar-refractivity contribution in [3.8, 4) is 11.1 Å². The second-order valence-electron chi connectivity index (χ2n) is 8.26. The lowest BCUT2D eigenvalue weighted by atomic mass is 9.98. The largest absolute Gasteiger partial charge is 0.325 e. The first kappa shape index (κ1) is 21.2. The van der Waals surface area contributed by atoms with Crippen LogP contribution in [0, 0.1) is 6.92 Å².